The second kappa shape index (κ2) is 7.02. The monoisotopic (exact) mass is 275 g/mol. The highest BCUT2D eigenvalue weighted by molar-refractivity contribution is 5.72. The van der Waals surface area contributed by atoms with Gasteiger partial charge in [0.15, 0.2) is 0 Å². The maximum Gasteiger partial charge on any atom is 0.0951 e. The van der Waals surface area contributed by atoms with Crippen molar-refractivity contribution in [2.45, 2.75) is 6.54 Å². The van der Waals surface area contributed by atoms with Gasteiger partial charge in [-0.05, 0) is 13.1 Å². The fourth-order valence-corrected chi connectivity index (χ4v) is 1.98. The van der Waals surface area contributed by atoms with Crippen LogP contribution in [-0.4, -0.2) is 53.3 Å². The van der Waals surface area contributed by atoms with Crippen LogP contribution in [0.3, 0.4) is 0 Å². The van der Waals surface area contributed by atoms with Gasteiger partial charge in [0.25, 0.3) is 0 Å². The second-order valence-electron chi connectivity index (χ2n) is 4.73. The van der Waals surface area contributed by atoms with Crippen molar-refractivity contribution < 1.29 is 4.74 Å². The largest absolute Gasteiger partial charge is 0.398 e. The molecule has 108 valence electrons. The lowest BCUT2D eigenvalue weighted by Crippen LogP contribution is -2.26. The van der Waals surface area contributed by atoms with E-state index < -0.39 is 0 Å². The van der Waals surface area contributed by atoms with E-state index in [0.717, 1.165) is 43.2 Å². The predicted molar refractivity (Wildman–Crippen MR) is 79.2 cm³/mol. The number of hydrogen-bond donors (Lipinski definition) is 1. The van der Waals surface area contributed by atoms with Crippen LogP contribution in [0.25, 0.3) is 11.3 Å². The molecule has 20 heavy (non-hydrogen) atoms. The van der Waals surface area contributed by atoms with Crippen molar-refractivity contribution in [1.29, 1.82) is 0 Å². The molecule has 0 saturated carbocycles. The van der Waals surface area contributed by atoms with E-state index in [1.54, 1.807) is 25.6 Å². The molecule has 2 aromatic rings. The van der Waals surface area contributed by atoms with Gasteiger partial charge in [-0.1, -0.05) is 0 Å². The number of ether oxygens (including phenoxy) is 1. The van der Waals surface area contributed by atoms with E-state index in [1.807, 2.05) is 12.5 Å². The Balaban J connectivity index is 2.04. The van der Waals surface area contributed by atoms with Crippen molar-refractivity contribution >= 4 is 5.69 Å². The Hall–Kier alpha value is -1.92. The summed E-state index contributed by atoms with van der Waals surface area (Å²) in [7, 11) is 3.79. The molecule has 0 aliphatic rings. The molecule has 0 saturated heterocycles. The Kier molecular flexibility index (Phi) is 5.09. The third-order valence-electron chi connectivity index (χ3n) is 3.24. The third-order valence-corrected chi connectivity index (χ3v) is 3.24. The molecule has 2 N–H and O–H groups in total. The van der Waals surface area contributed by atoms with Crippen LogP contribution in [-0.2, 0) is 11.3 Å². The average molecular weight is 275 g/mol. The van der Waals surface area contributed by atoms with Crippen LogP contribution in [0.4, 0.5) is 5.69 Å². The lowest BCUT2D eigenvalue weighted by atomic mass is 10.2. The maximum atomic E-state index is 5.99. The van der Waals surface area contributed by atoms with Gasteiger partial charge in [-0.25, -0.2) is 4.98 Å². The first-order chi connectivity index (χ1) is 9.72. The van der Waals surface area contributed by atoms with E-state index in [2.05, 4.69) is 26.5 Å². The minimum Gasteiger partial charge on any atom is -0.398 e. The van der Waals surface area contributed by atoms with Crippen molar-refractivity contribution in [1.82, 2.24) is 19.4 Å². The Morgan fingerprint density at radius 3 is 2.90 bits per heavy atom. The minimum absolute atomic E-state index is 0.717. The van der Waals surface area contributed by atoms with Crippen molar-refractivity contribution in [3.63, 3.8) is 0 Å². The smallest absolute Gasteiger partial charge is 0.0951 e. The van der Waals surface area contributed by atoms with Crippen LogP contribution in [0.15, 0.2) is 31.0 Å². The van der Waals surface area contributed by atoms with Crippen LogP contribution in [0, 0.1) is 0 Å². The van der Waals surface area contributed by atoms with Crippen molar-refractivity contribution in [3.8, 4) is 11.3 Å². The van der Waals surface area contributed by atoms with Gasteiger partial charge in [-0.15, -0.1) is 0 Å². The number of likely N-dealkylation sites (N-methyl/N-ethyl adjacent to an activating group) is 1. The quantitative estimate of drug-likeness (QED) is 0.819. The summed E-state index contributed by atoms with van der Waals surface area (Å²) < 4.78 is 7.17. The molecular weight excluding hydrogens is 254 g/mol. The Morgan fingerprint density at radius 2 is 2.15 bits per heavy atom. The van der Waals surface area contributed by atoms with Gasteiger partial charge in [0, 0.05) is 50.4 Å². The molecule has 0 fully saturated rings. The van der Waals surface area contributed by atoms with Crippen LogP contribution in [0.5, 0.6) is 0 Å². The number of aromatic nitrogens is 3. The lowest BCUT2D eigenvalue weighted by molar-refractivity contribution is 0.159. The highest BCUT2D eigenvalue weighted by Gasteiger charge is 2.09. The molecule has 0 bridgehead atoms. The molecule has 0 radical (unpaired) electrons. The van der Waals surface area contributed by atoms with Crippen LogP contribution >= 0.6 is 0 Å². The molecule has 0 aliphatic heterocycles. The van der Waals surface area contributed by atoms with E-state index >= 15 is 0 Å². The molecule has 0 spiro atoms. The number of nitrogens with two attached hydrogens (primary N) is 1. The molecule has 2 aromatic heterocycles. The van der Waals surface area contributed by atoms with Crippen LogP contribution < -0.4 is 5.73 Å². The summed E-state index contributed by atoms with van der Waals surface area (Å²) in [6.07, 6.45) is 7.12. The van der Waals surface area contributed by atoms with Crippen LogP contribution in [0.1, 0.15) is 0 Å². The minimum atomic E-state index is 0.717. The molecule has 6 heteroatoms. The molecule has 0 unspecified atom stereocenters. The van der Waals surface area contributed by atoms with E-state index in [1.165, 1.54) is 0 Å². The van der Waals surface area contributed by atoms with Gasteiger partial charge < -0.3 is 19.9 Å². The fraction of sp³-hybridized carbons (Fsp3) is 0.429. The maximum absolute atomic E-state index is 5.99. The molecule has 0 amide bonds. The van der Waals surface area contributed by atoms with Crippen molar-refractivity contribution in [2.75, 3.05) is 39.6 Å². The fourth-order valence-electron chi connectivity index (χ4n) is 1.98. The van der Waals surface area contributed by atoms with E-state index in [9.17, 15) is 0 Å². The number of nitrogens with zero attached hydrogens (tertiary/aromatic N) is 4. The zero-order valence-corrected chi connectivity index (χ0v) is 12.0. The highest BCUT2D eigenvalue weighted by Crippen LogP contribution is 2.23. The highest BCUT2D eigenvalue weighted by atomic mass is 16.5. The first kappa shape index (κ1) is 14.5. The number of pyridine rings is 1. The molecule has 6 nitrogen and oxygen atoms in total. The Morgan fingerprint density at radius 1 is 1.30 bits per heavy atom. The zero-order chi connectivity index (χ0) is 14.4. The summed E-state index contributed by atoms with van der Waals surface area (Å²) in [5.74, 6) is 0. The summed E-state index contributed by atoms with van der Waals surface area (Å²) in [4.78, 5) is 10.6. The molecule has 2 heterocycles. The zero-order valence-electron chi connectivity index (χ0n) is 12.0. The number of anilines is 1. The summed E-state index contributed by atoms with van der Waals surface area (Å²) in [5.41, 5.74) is 8.63. The van der Waals surface area contributed by atoms with Gasteiger partial charge in [0.05, 0.1) is 24.8 Å². The number of nitrogen functional groups attached to an aromatic ring is 1. The standard InChI is InChI=1S/C14H21N5O/c1-18(7-8-20-2)5-6-19-11-17-10-14(19)12-9-16-4-3-13(12)15/h3-4,9-11H,5-8H2,1-2H3,(H2,15,16). The Bertz CT molecular complexity index is 540. The molecule has 0 aromatic carbocycles. The average Bonchev–Trinajstić information content (AvgIpc) is 2.91. The van der Waals surface area contributed by atoms with E-state index in [-0.39, 0.29) is 0 Å². The number of hydrogen-bond acceptors (Lipinski definition) is 5. The number of imidazole rings is 1. The van der Waals surface area contributed by atoms with Crippen molar-refractivity contribution in [2.24, 2.45) is 0 Å². The van der Waals surface area contributed by atoms with Crippen molar-refractivity contribution in [3.05, 3.63) is 31.0 Å². The van der Waals surface area contributed by atoms with Gasteiger partial charge in [-0.3, -0.25) is 4.98 Å². The summed E-state index contributed by atoms with van der Waals surface area (Å²) >= 11 is 0. The normalized spacial score (nSPS) is 11.2. The van der Waals surface area contributed by atoms with E-state index in [0.29, 0.717) is 0 Å². The first-order valence-corrected chi connectivity index (χ1v) is 6.60. The molecule has 0 aliphatic carbocycles. The number of rotatable bonds is 7. The first-order valence-electron chi connectivity index (χ1n) is 6.60. The Labute approximate surface area is 119 Å². The van der Waals surface area contributed by atoms with Gasteiger partial charge in [0.2, 0.25) is 0 Å². The lowest BCUT2D eigenvalue weighted by Gasteiger charge is -2.17. The van der Waals surface area contributed by atoms with Gasteiger partial charge in [-0.2, -0.15) is 0 Å². The summed E-state index contributed by atoms with van der Waals surface area (Å²) in [5, 5.41) is 0. The number of methoxy groups -OCH3 is 1. The summed E-state index contributed by atoms with van der Waals surface area (Å²) in [6, 6.07) is 1.80. The molecular formula is C14H21N5O. The van der Waals surface area contributed by atoms with Gasteiger partial charge >= 0.3 is 0 Å². The van der Waals surface area contributed by atoms with E-state index in [4.69, 9.17) is 10.5 Å². The SMILES string of the molecule is COCCN(C)CCn1cncc1-c1cnccc1N. The second-order valence-corrected chi connectivity index (χ2v) is 4.73. The molecule has 0 atom stereocenters. The van der Waals surface area contributed by atoms with Gasteiger partial charge in [0.1, 0.15) is 0 Å². The topological polar surface area (TPSA) is 69.2 Å². The van der Waals surface area contributed by atoms with Crippen LogP contribution in [0.2, 0.25) is 0 Å². The molecule has 2 rings (SSSR count). The predicted octanol–water partition coefficient (Wildman–Crippen LogP) is 1.11. The third kappa shape index (κ3) is 3.55. The summed E-state index contributed by atoms with van der Waals surface area (Å²) in [6.45, 7) is 3.43.